The largest absolute Gasteiger partial charge is 0.363 e. The SMILES string of the molecule is CN(C)c1ccc(CCS(=O)(=O)F)cn1. The summed E-state index contributed by atoms with van der Waals surface area (Å²) >= 11 is 0. The monoisotopic (exact) mass is 232 g/mol. The van der Waals surface area contributed by atoms with E-state index < -0.39 is 16.0 Å². The van der Waals surface area contributed by atoms with Crippen LogP contribution in [0.1, 0.15) is 5.56 Å². The first-order valence-corrected chi connectivity index (χ1v) is 5.98. The third kappa shape index (κ3) is 4.24. The minimum atomic E-state index is -4.39. The van der Waals surface area contributed by atoms with E-state index in [1.807, 2.05) is 19.0 Å². The molecule has 1 rings (SSSR count). The molecule has 0 amide bonds. The van der Waals surface area contributed by atoms with Crippen molar-refractivity contribution >= 4 is 16.0 Å². The zero-order valence-corrected chi connectivity index (χ0v) is 9.46. The normalized spacial score (nSPS) is 11.4. The lowest BCUT2D eigenvalue weighted by molar-refractivity contribution is 0.551. The van der Waals surface area contributed by atoms with Crippen LogP contribution in [0.25, 0.3) is 0 Å². The molecule has 0 aliphatic heterocycles. The molecule has 0 fully saturated rings. The van der Waals surface area contributed by atoms with Crippen LogP contribution in [0, 0.1) is 0 Å². The molecule has 6 heteroatoms. The van der Waals surface area contributed by atoms with Gasteiger partial charge in [-0.15, -0.1) is 3.89 Å². The third-order valence-electron chi connectivity index (χ3n) is 1.90. The van der Waals surface area contributed by atoms with E-state index in [0.717, 1.165) is 5.82 Å². The summed E-state index contributed by atoms with van der Waals surface area (Å²) in [5.74, 6) is 0.289. The molecule has 0 aromatic carbocycles. The second kappa shape index (κ2) is 4.57. The van der Waals surface area contributed by atoms with Crippen molar-refractivity contribution in [3.8, 4) is 0 Å². The van der Waals surface area contributed by atoms with Crippen molar-refractivity contribution < 1.29 is 12.3 Å². The number of anilines is 1. The van der Waals surface area contributed by atoms with Crippen LogP contribution in [0.5, 0.6) is 0 Å². The van der Waals surface area contributed by atoms with E-state index in [4.69, 9.17) is 0 Å². The van der Waals surface area contributed by atoms with Crippen LogP contribution in [-0.2, 0) is 16.6 Å². The number of aryl methyl sites for hydroxylation is 1. The number of rotatable bonds is 4. The second-order valence-corrected chi connectivity index (χ2v) is 4.90. The Morgan fingerprint density at radius 3 is 2.47 bits per heavy atom. The Labute approximate surface area is 89.0 Å². The molecule has 84 valence electrons. The Morgan fingerprint density at radius 2 is 2.07 bits per heavy atom. The highest BCUT2D eigenvalue weighted by Crippen LogP contribution is 2.09. The first-order valence-electron chi connectivity index (χ1n) is 4.43. The van der Waals surface area contributed by atoms with Gasteiger partial charge >= 0.3 is 10.2 Å². The topological polar surface area (TPSA) is 50.3 Å². The second-order valence-electron chi connectivity index (χ2n) is 3.41. The Bertz CT molecular complexity index is 414. The number of pyridine rings is 1. The van der Waals surface area contributed by atoms with E-state index >= 15 is 0 Å². The summed E-state index contributed by atoms with van der Waals surface area (Å²) in [6, 6.07) is 3.51. The van der Waals surface area contributed by atoms with Gasteiger partial charge in [0, 0.05) is 20.3 Å². The van der Waals surface area contributed by atoms with Crippen LogP contribution in [0.3, 0.4) is 0 Å². The number of hydrogen-bond donors (Lipinski definition) is 0. The molecule has 1 aromatic heterocycles. The van der Waals surface area contributed by atoms with Crippen molar-refractivity contribution in [3.05, 3.63) is 23.9 Å². The number of hydrogen-bond acceptors (Lipinski definition) is 4. The highest BCUT2D eigenvalue weighted by molar-refractivity contribution is 7.86. The first kappa shape index (κ1) is 11.9. The molecular weight excluding hydrogens is 219 g/mol. The molecule has 0 saturated carbocycles. The predicted octanol–water partition coefficient (Wildman–Crippen LogP) is 0.989. The van der Waals surface area contributed by atoms with Crippen LogP contribution >= 0.6 is 0 Å². The minimum Gasteiger partial charge on any atom is -0.363 e. The van der Waals surface area contributed by atoms with Gasteiger partial charge in [-0.1, -0.05) is 6.07 Å². The highest BCUT2D eigenvalue weighted by Gasteiger charge is 2.07. The smallest absolute Gasteiger partial charge is 0.302 e. The molecule has 0 aliphatic carbocycles. The summed E-state index contributed by atoms with van der Waals surface area (Å²) in [7, 11) is -0.677. The van der Waals surface area contributed by atoms with Gasteiger partial charge in [-0.3, -0.25) is 0 Å². The van der Waals surface area contributed by atoms with E-state index in [-0.39, 0.29) is 6.42 Å². The zero-order valence-electron chi connectivity index (χ0n) is 8.64. The Balaban J connectivity index is 2.65. The molecule has 0 radical (unpaired) electrons. The molecule has 0 unspecified atom stereocenters. The van der Waals surface area contributed by atoms with Gasteiger partial charge in [0.2, 0.25) is 0 Å². The lowest BCUT2D eigenvalue weighted by Gasteiger charge is -2.10. The Hall–Kier alpha value is -1.17. The zero-order chi connectivity index (χ0) is 11.5. The van der Waals surface area contributed by atoms with Crippen LogP contribution in [0.2, 0.25) is 0 Å². The van der Waals surface area contributed by atoms with Gasteiger partial charge in [0.1, 0.15) is 5.82 Å². The van der Waals surface area contributed by atoms with Crippen LogP contribution in [0.4, 0.5) is 9.70 Å². The van der Waals surface area contributed by atoms with Crippen molar-refractivity contribution in [3.63, 3.8) is 0 Å². The standard InChI is InChI=1S/C9H13FN2O2S/c1-12(2)9-4-3-8(7-11-9)5-6-15(10,13)14/h3-4,7H,5-6H2,1-2H3. The van der Waals surface area contributed by atoms with Gasteiger partial charge < -0.3 is 4.90 Å². The lowest BCUT2D eigenvalue weighted by Crippen LogP contribution is -2.10. The van der Waals surface area contributed by atoms with E-state index in [2.05, 4.69) is 4.98 Å². The maximum absolute atomic E-state index is 12.2. The van der Waals surface area contributed by atoms with Crippen molar-refractivity contribution in [2.24, 2.45) is 0 Å². The molecular formula is C9H13FN2O2S. The van der Waals surface area contributed by atoms with Gasteiger partial charge in [-0.2, -0.15) is 8.42 Å². The number of nitrogens with zero attached hydrogens (tertiary/aromatic N) is 2. The molecule has 4 nitrogen and oxygen atoms in total. The van der Waals surface area contributed by atoms with Gasteiger partial charge in [-0.05, 0) is 18.1 Å². The van der Waals surface area contributed by atoms with Gasteiger partial charge in [-0.25, -0.2) is 4.98 Å². The number of halogens is 1. The van der Waals surface area contributed by atoms with Crippen molar-refractivity contribution in [2.75, 3.05) is 24.7 Å². The third-order valence-corrected chi connectivity index (χ3v) is 2.59. The fraction of sp³-hybridized carbons (Fsp3) is 0.444. The predicted molar refractivity (Wildman–Crippen MR) is 57.2 cm³/mol. The van der Waals surface area contributed by atoms with Crippen molar-refractivity contribution in [2.45, 2.75) is 6.42 Å². The van der Waals surface area contributed by atoms with E-state index in [1.165, 1.54) is 0 Å². The van der Waals surface area contributed by atoms with Crippen molar-refractivity contribution in [1.29, 1.82) is 0 Å². The van der Waals surface area contributed by atoms with E-state index in [1.54, 1.807) is 18.3 Å². The summed E-state index contributed by atoms with van der Waals surface area (Å²) in [6.07, 6.45) is 1.71. The summed E-state index contributed by atoms with van der Waals surface area (Å²) < 4.78 is 32.8. The molecule has 1 heterocycles. The summed E-state index contributed by atoms with van der Waals surface area (Å²) in [5, 5.41) is 0. The van der Waals surface area contributed by atoms with E-state index in [9.17, 15) is 12.3 Å². The van der Waals surface area contributed by atoms with Gasteiger partial charge in [0.25, 0.3) is 0 Å². The minimum absolute atomic E-state index is 0.152. The fourth-order valence-electron chi connectivity index (χ4n) is 1.07. The van der Waals surface area contributed by atoms with Crippen LogP contribution in [-0.4, -0.2) is 33.2 Å². The van der Waals surface area contributed by atoms with Gasteiger partial charge in [0.05, 0.1) is 5.75 Å². The molecule has 0 aliphatic rings. The Morgan fingerprint density at radius 1 is 1.40 bits per heavy atom. The molecule has 0 N–H and O–H groups in total. The number of aromatic nitrogens is 1. The van der Waals surface area contributed by atoms with E-state index in [0.29, 0.717) is 5.56 Å². The quantitative estimate of drug-likeness (QED) is 0.726. The summed E-state index contributed by atoms with van der Waals surface area (Å²) in [4.78, 5) is 5.92. The molecule has 0 atom stereocenters. The lowest BCUT2D eigenvalue weighted by atomic mass is 10.2. The van der Waals surface area contributed by atoms with Crippen LogP contribution < -0.4 is 4.90 Å². The van der Waals surface area contributed by atoms with Crippen molar-refractivity contribution in [1.82, 2.24) is 4.98 Å². The molecule has 0 saturated heterocycles. The fourth-order valence-corrected chi connectivity index (χ4v) is 1.55. The Kier molecular flexibility index (Phi) is 3.62. The summed E-state index contributed by atoms with van der Waals surface area (Å²) in [5.41, 5.74) is 0.710. The molecule has 0 bridgehead atoms. The molecule has 1 aromatic rings. The average molecular weight is 232 g/mol. The maximum atomic E-state index is 12.2. The van der Waals surface area contributed by atoms with Gasteiger partial charge in [0.15, 0.2) is 0 Å². The highest BCUT2D eigenvalue weighted by atomic mass is 32.3. The average Bonchev–Trinajstić information content (AvgIpc) is 2.14. The first-order chi connectivity index (χ1) is 6.88. The summed E-state index contributed by atoms with van der Waals surface area (Å²) in [6.45, 7) is 0. The van der Waals surface area contributed by atoms with Crippen LogP contribution in [0.15, 0.2) is 18.3 Å². The maximum Gasteiger partial charge on any atom is 0.302 e. The molecule has 15 heavy (non-hydrogen) atoms. The molecule has 0 spiro atoms.